The van der Waals surface area contributed by atoms with Crippen LogP contribution in [-0.4, -0.2) is 26.2 Å². The van der Waals surface area contributed by atoms with Gasteiger partial charge in [-0.3, -0.25) is 4.99 Å². The monoisotopic (exact) mass is 442 g/mol. The lowest BCUT2D eigenvalue weighted by Crippen LogP contribution is -2.11. The third-order valence-electron chi connectivity index (χ3n) is 5.95. The standard InChI is InChI=1S/C28H30N2O3/c1-6-18-14-22-26(16-24(18)29-5)33-25-15-23(30-7-2)17(4)13-21(25)27(22)19-11-9-10-12-20(19)28(31)32-8-3/h9-16,30H,6-8H2,1-5H3. The summed E-state index contributed by atoms with van der Waals surface area (Å²) in [4.78, 5) is 17.3. The van der Waals surface area contributed by atoms with Crippen molar-refractivity contribution in [3.05, 3.63) is 70.6 Å². The summed E-state index contributed by atoms with van der Waals surface area (Å²) in [6.45, 7) is 9.24. The SMILES string of the molecule is CCNc1cc2oc3cc(=NC)c(CC)cc-3c(-c3ccccc3C(=O)OCC)c2cc1C. The minimum absolute atomic E-state index is 0.325. The number of carbonyl (C=O) groups is 1. The highest BCUT2D eigenvalue weighted by molar-refractivity contribution is 6.08. The zero-order valence-corrected chi connectivity index (χ0v) is 19.9. The molecule has 5 nitrogen and oxygen atoms in total. The number of anilines is 1. The molecule has 0 unspecified atom stereocenters. The highest BCUT2D eigenvalue weighted by Gasteiger charge is 2.23. The summed E-state index contributed by atoms with van der Waals surface area (Å²) in [5.41, 5.74) is 7.34. The average molecular weight is 443 g/mol. The molecule has 2 aromatic carbocycles. The van der Waals surface area contributed by atoms with Gasteiger partial charge in [0.05, 0.1) is 17.5 Å². The van der Waals surface area contributed by atoms with Gasteiger partial charge in [-0.05, 0) is 62.1 Å². The Morgan fingerprint density at radius 1 is 1.06 bits per heavy atom. The van der Waals surface area contributed by atoms with Gasteiger partial charge in [0.15, 0.2) is 0 Å². The number of aryl methyl sites for hydroxylation is 2. The zero-order valence-electron chi connectivity index (χ0n) is 19.9. The summed E-state index contributed by atoms with van der Waals surface area (Å²) >= 11 is 0. The topological polar surface area (TPSA) is 63.8 Å². The Kier molecular flexibility index (Phi) is 6.50. The highest BCUT2D eigenvalue weighted by Crippen LogP contribution is 2.43. The Bertz CT molecular complexity index is 1370. The molecule has 170 valence electrons. The lowest BCUT2D eigenvalue weighted by molar-refractivity contribution is 0.0527. The molecule has 0 amide bonds. The van der Waals surface area contributed by atoms with Crippen molar-refractivity contribution in [1.29, 1.82) is 0 Å². The number of rotatable bonds is 6. The third-order valence-corrected chi connectivity index (χ3v) is 5.95. The molecule has 1 N–H and O–H groups in total. The third kappa shape index (κ3) is 4.11. The largest absolute Gasteiger partial charge is 0.462 e. The van der Waals surface area contributed by atoms with Gasteiger partial charge in [-0.2, -0.15) is 0 Å². The quantitative estimate of drug-likeness (QED) is 0.285. The molecular formula is C28H30N2O3. The maximum Gasteiger partial charge on any atom is 0.338 e. The first kappa shape index (κ1) is 22.6. The average Bonchev–Trinajstić information content (AvgIpc) is 2.82. The number of carbonyl (C=O) groups excluding carboxylic acids is 1. The van der Waals surface area contributed by atoms with Crippen molar-refractivity contribution in [3.8, 4) is 22.5 Å². The van der Waals surface area contributed by atoms with Crippen LogP contribution in [0, 0.1) is 6.92 Å². The predicted octanol–water partition coefficient (Wildman–Crippen LogP) is 6.21. The summed E-state index contributed by atoms with van der Waals surface area (Å²) < 4.78 is 11.8. The molecule has 2 aliphatic rings. The summed E-state index contributed by atoms with van der Waals surface area (Å²) in [6, 6.07) is 16.0. The van der Waals surface area contributed by atoms with E-state index in [1.807, 2.05) is 43.3 Å². The van der Waals surface area contributed by atoms with Crippen LogP contribution in [0.2, 0.25) is 0 Å². The van der Waals surface area contributed by atoms with Crippen LogP contribution in [0.1, 0.15) is 42.3 Å². The number of esters is 1. The molecule has 33 heavy (non-hydrogen) atoms. The van der Waals surface area contributed by atoms with Gasteiger partial charge in [-0.1, -0.05) is 25.1 Å². The summed E-state index contributed by atoms with van der Waals surface area (Å²) in [7, 11) is 1.80. The molecule has 1 aliphatic carbocycles. The van der Waals surface area contributed by atoms with Crippen molar-refractivity contribution in [2.75, 3.05) is 25.5 Å². The van der Waals surface area contributed by atoms with Gasteiger partial charge >= 0.3 is 5.97 Å². The van der Waals surface area contributed by atoms with Crippen LogP contribution in [0.3, 0.4) is 0 Å². The molecule has 1 heterocycles. The van der Waals surface area contributed by atoms with Crippen LogP contribution in [-0.2, 0) is 11.2 Å². The van der Waals surface area contributed by atoms with Crippen LogP contribution >= 0.6 is 0 Å². The Morgan fingerprint density at radius 3 is 2.55 bits per heavy atom. The van der Waals surface area contributed by atoms with Crippen LogP contribution in [0.4, 0.5) is 5.69 Å². The van der Waals surface area contributed by atoms with E-state index in [2.05, 4.69) is 43.2 Å². The van der Waals surface area contributed by atoms with Gasteiger partial charge < -0.3 is 14.5 Å². The van der Waals surface area contributed by atoms with Crippen molar-refractivity contribution >= 4 is 22.6 Å². The molecular weight excluding hydrogens is 412 g/mol. The molecule has 0 radical (unpaired) electrons. The Hall–Kier alpha value is -3.60. The van der Waals surface area contributed by atoms with Gasteiger partial charge in [0.1, 0.15) is 11.3 Å². The summed E-state index contributed by atoms with van der Waals surface area (Å²) in [5, 5.41) is 5.28. The smallest absolute Gasteiger partial charge is 0.338 e. The van der Waals surface area contributed by atoms with E-state index < -0.39 is 0 Å². The molecule has 0 bridgehead atoms. The van der Waals surface area contributed by atoms with Crippen LogP contribution in [0.25, 0.3) is 33.4 Å². The number of hydrogen-bond donors (Lipinski definition) is 1. The van der Waals surface area contributed by atoms with E-state index in [4.69, 9.17) is 9.15 Å². The fraction of sp³-hybridized carbons (Fsp3) is 0.286. The van der Waals surface area contributed by atoms with Crippen LogP contribution in [0.15, 0.2) is 57.9 Å². The molecule has 5 heteroatoms. The van der Waals surface area contributed by atoms with E-state index in [9.17, 15) is 4.79 Å². The van der Waals surface area contributed by atoms with E-state index in [-0.39, 0.29) is 5.97 Å². The van der Waals surface area contributed by atoms with Crippen molar-refractivity contribution in [3.63, 3.8) is 0 Å². The molecule has 0 spiro atoms. The first-order valence-corrected chi connectivity index (χ1v) is 11.5. The van der Waals surface area contributed by atoms with Crippen molar-refractivity contribution in [2.24, 2.45) is 4.99 Å². The molecule has 1 aliphatic heterocycles. The van der Waals surface area contributed by atoms with Crippen molar-refractivity contribution < 1.29 is 13.9 Å². The number of fused-ring (bicyclic) bond motifs is 2. The minimum Gasteiger partial charge on any atom is -0.462 e. The highest BCUT2D eigenvalue weighted by atomic mass is 16.5. The summed E-state index contributed by atoms with van der Waals surface area (Å²) in [6.07, 6.45) is 0.845. The van der Waals surface area contributed by atoms with Crippen LogP contribution < -0.4 is 10.7 Å². The first-order valence-electron chi connectivity index (χ1n) is 11.5. The van der Waals surface area contributed by atoms with E-state index in [1.165, 1.54) is 0 Å². The Balaban J connectivity index is 2.17. The lowest BCUT2D eigenvalue weighted by atomic mass is 9.89. The van der Waals surface area contributed by atoms with E-state index in [1.54, 1.807) is 7.05 Å². The maximum atomic E-state index is 12.9. The van der Waals surface area contributed by atoms with Crippen molar-refractivity contribution in [2.45, 2.75) is 34.1 Å². The second kappa shape index (κ2) is 9.49. The predicted molar refractivity (Wildman–Crippen MR) is 134 cm³/mol. The Morgan fingerprint density at radius 2 is 1.85 bits per heavy atom. The van der Waals surface area contributed by atoms with E-state index >= 15 is 0 Å². The summed E-state index contributed by atoms with van der Waals surface area (Å²) in [5.74, 6) is 0.410. The van der Waals surface area contributed by atoms with Gasteiger partial charge in [-0.25, -0.2) is 4.79 Å². The van der Waals surface area contributed by atoms with Gasteiger partial charge in [0.25, 0.3) is 0 Å². The molecule has 4 rings (SSSR count). The number of benzene rings is 3. The number of nitrogens with zero attached hydrogens (tertiary/aromatic N) is 1. The number of hydrogen-bond acceptors (Lipinski definition) is 5. The molecule has 0 aromatic heterocycles. The maximum absolute atomic E-state index is 12.9. The zero-order chi connectivity index (χ0) is 23.5. The van der Waals surface area contributed by atoms with E-state index in [0.717, 1.165) is 68.6 Å². The fourth-order valence-electron chi connectivity index (χ4n) is 4.38. The first-order chi connectivity index (χ1) is 16.0. The molecule has 0 fully saturated rings. The van der Waals surface area contributed by atoms with Crippen molar-refractivity contribution in [1.82, 2.24) is 0 Å². The van der Waals surface area contributed by atoms with Crippen LogP contribution in [0.5, 0.6) is 0 Å². The molecule has 2 aromatic rings. The fourth-order valence-corrected chi connectivity index (χ4v) is 4.38. The molecule has 0 atom stereocenters. The normalized spacial score (nSPS) is 11.8. The molecule has 0 saturated carbocycles. The Labute approximate surface area is 194 Å². The van der Waals surface area contributed by atoms with Gasteiger partial charge in [0.2, 0.25) is 0 Å². The van der Waals surface area contributed by atoms with E-state index in [0.29, 0.717) is 12.2 Å². The number of ether oxygens (including phenoxy) is 1. The second-order valence-corrected chi connectivity index (χ2v) is 7.99. The van der Waals surface area contributed by atoms with Gasteiger partial charge in [-0.15, -0.1) is 0 Å². The molecule has 0 saturated heterocycles. The van der Waals surface area contributed by atoms with Gasteiger partial charge in [0, 0.05) is 47.9 Å². The number of nitrogens with one attached hydrogen (secondary N) is 1. The lowest BCUT2D eigenvalue weighted by Gasteiger charge is -2.20. The minimum atomic E-state index is -0.327. The second-order valence-electron chi connectivity index (χ2n) is 7.99.